The lowest BCUT2D eigenvalue weighted by Gasteiger charge is -2.04. The van der Waals surface area contributed by atoms with Crippen molar-refractivity contribution in [3.63, 3.8) is 0 Å². The molecule has 0 aliphatic heterocycles. The highest BCUT2D eigenvalue weighted by Gasteiger charge is 2.11. The molecule has 0 heterocycles. The van der Waals surface area contributed by atoms with Crippen LogP contribution in [0.15, 0.2) is 27.6 Å². The zero-order valence-electron chi connectivity index (χ0n) is 6.10. The molecular formula is C6H3BrNO4S-. The van der Waals surface area contributed by atoms with Crippen molar-refractivity contribution in [2.45, 2.75) is 4.90 Å². The third-order valence-electron chi connectivity index (χ3n) is 1.31. The number of nitro groups is 1. The van der Waals surface area contributed by atoms with Gasteiger partial charge in [0, 0.05) is 11.0 Å². The third-order valence-corrected chi connectivity index (χ3v) is 2.58. The van der Waals surface area contributed by atoms with Crippen molar-refractivity contribution in [1.82, 2.24) is 0 Å². The standard InChI is InChI=1S/C6H4BrNO4S/c7-5-3-4(13(11)12)1-2-6(5)8(9)10/h1-3H,(H,11,12)/p-1. The van der Waals surface area contributed by atoms with Gasteiger partial charge in [-0.15, -0.1) is 0 Å². The van der Waals surface area contributed by atoms with Gasteiger partial charge in [-0.05, 0) is 39.1 Å². The van der Waals surface area contributed by atoms with Gasteiger partial charge in [0.15, 0.2) is 0 Å². The molecule has 70 valence electrons. The smallest absolute Gasteiger partial charge is 0.283 e. The maximum atomic E-state index is 10.4. The first-order valence-corrected chi connectivity index (χ1v) is 4.92. The molecular weight excluding hydrogens is 262 g/mol. The zero-order chi connectivity index (χ0) is 10.0. The second-order valence-corrected chi connectivity index (χ2v) is 3.90. The molecule has 0 spiro atoms. The first-order valence-electron chi connectivity index (χ1n) is 3.05. The number of benzene rings is 1. The fraction of sp³-hybridized carbons (Fsp3) is 0. The highest BCUT2D eigenvalue weighted by molar-refractivity contribution is 9.10. The Morgan fingerprint density at radius 2 is 2.08 bits per heavy atom. The molecule has 1 atom stereocenters. The van der Waals surface area contributed by atoms with Crippen molar-refractivity contribution in [3.05, 3.63) is 32.8 Å². The summed E-state index contributed by atoms with van der Waals surface area (Å²) in [5.41, 5.74) is -0.158. The molecule has 0 N–H and O–H groups in total. The van der Waals surface area contributed by atoms with Gasteiger partial charge in [-0.1, -0.05) is 0 Å². The van der Waals surface area contributed by atoms with Gasteiger partial charge in [0.25, 0.3) is 5.69 Å². The maximum absolute atomic E-state index is 10.4. The van der Waals surface area contributed by atoms with E-state index in [1.165, 1.54) is 12.1 Å². The Morgan fingerprint density at radius 1 is 1.46 bits per heavy atom. The predicted molar refractivity (Wildman–Crippen MR) is 48.0 cm³/mol. The van der Waals surface area contributed by atoms with Gasteiger partial charge < -0.3 is 4.55 Å². The minimum absolute atomic E-state index is 0.0116. The molecule has 0 aliphatic carbocycles. The average molecular weight is 265 g/mol. The number of rotatable bonds is 2. The molecule has 0 radical (unpaired) electrons. The van der Waals surface area contributed by atoms with Crippen LogP contribution in [0.1, 0.15) is 0 Å². The van der Waals surface area contributed by atoms with Crippen LogP contribution >= 0.6 is 15.9 Å². The Labute approximate surface area is 84.3 Å². The molecule has 1 aromatic carbocycles. The van der Waals surface area contributed by atoms with E-state index in [-0.39, 0.29) is 15.1 Å². The van der Waals surface area contributed by atoms with Crippen molar-refractivity contribution >= 4 is 32.7 Å². The Balaban J connectivity index is 3.20. The molecule has 0 fully saturated rings. The highest BCUT2D eigenvalue weighted by atomic mass is 79.9. The van der Waals surface area contributed by atoms with E-state index in [1.54, 1.807) is 0 Å². The summed E-state index contributed by atoms with van der Waals surface area (Å²) in [5.74, 6) is 0. The van der Waals surface area contributed by atoms with Crippen molar-refractivity contribution in [1.29, 1.82) is 0 Å². The SMILES string of the molecule is O=[N+]([O-])c1ccc(S(=O)[O-])cc1Br. The monoisotopic (exact) mass is 264 g/mol. The number of halogens is 1. The summed E-state index contributed by atoms with van der Waals surface area (Å²) in [6.07, 6.45) is 0. The van der Waals surface area contributed by atoms with Gasteiger partial charge in [0.1, 0.15) is 0 Å². The van der Waals surface area contributed by atoms with E-state index in [0.29, 0.717) is 0 Å². The van der Waals surface area contributed by atoms with Crippen LogP contribution in [-0.2, 0) is 11.1 Å². The Kier molecular flexibility index (Phi) is 3.12. The molecule has 1 unspecified atom stereocenters. The predicted octanol–water partition coefficient (Wildman–Crippen LogP) is 1.60. The van der Waals surface area contributed by atoms with Crippen LogP contribution in [0.3, 0.4) is 0 Å². The summed E-state index contributed by atoms with van der Waals surface area (Å²) < 4.78 is 21.0. The Hall–Kier alpha value is -0.790. The summed E-state index contributed by atoms with van der Waals surface area (Å²) in [6.45, 7) is 0. The normalized spacial score (nSPS) is 12.5. The molecule has 0 saturated heterocycles. The topological polar surface area (TPSA) is 83.3 Å². The Morgan fingerprint density at radius 3 is 2.46 bits per heavy atom. The van der Waals surface area contributed by atoms with E-state index in [2.05, 4.69) is 15.9 Å². The van der Waals surface area contributed by atoms with Gasteiger partial charge in [-0.2, -0.15) is 0 Å². The second-order valence-electron chi connectivity index (χ2n) is 2.11. The lowest BCUT2D eigenvalue weighted by Crippen LogP contribution is -1.92. The summed E-state index contributed by atoms with van der Waals surface area (Å²) in [7, 11) is 0. The molecule has 0 saturated carbocycles. The average Bonchev–Trinajstić information content (AvgIpc) is 2.03. The number of hydrogen-bond acceptors (Lipinski definition) is 4. The first kappa shape index (κ1) is 10.3. The summed E-state index contributed by atoms with van der Waals surface area (Å²) in [5, 5.41) is 10.3. The van der Waals surface area contributed by atoms with Crippen LogP contribution in [0.5, 0.6) is 0 Å². The van der Waals surface area contributed by atoms with Crippen LogP contribution in [-0.4, -0.2) is 13.7 Å². The molecule has 0 amide bonds. The van der Waals surface area contributed by atoms with E-state index < -0.39 is 16.0 Å². The van der Waals surface area contributed by atoms with E-state index in [0.717, 1.165) is 6.07 Å². The fourth-order valence-electron chi connectivity index (χ4n) is 0.739. The van der Waals surface area contributed by atoms with Crippen LogP contribution < -0.4 is 0 Å². The molecule has 5 nitrogen and oxygen atoms in total. The Bertz CT molecular complexity index is 381. The van der Waals surface area contributed by atoms with Gasteiger partial charge in [-0.3, -0.25) is 14.3 Å². The quantitative estimate of drug-likeness (QED) is 0.461. The van der Waals surface area contributed by atoms with Gasteiger partial charge in [0.05, 0.1) is 9.40 Å². The minimum atomic E-state index is -2.36. The second kappa shape index (κ2) is 3.95. The molecule has 13 heavy (non-hydrogen) atoms. The molecule has 0 bridgehead atoms. The highest BCUT2D eigenvalue weighted by Crippen LogP contribution is 2.26. The number of hydrogen-bond donors (Lipinski definition) is 0. The number of nitrogens with zero attached hydrogens (tertiary/aromatic N) is 1. The lowest BCUT2D eigenvalue weighted by atomic mass is 10.3. The fourth-order valence-corrected chi connectivity index (χ4v) is 1.81. The van der Waals surface area contributed by atoms with Gasteiger partial charge in [-0.25, -0.2) is 0 Å². The molecule has 7 heteroatoms. The van der Waals surface area contributed by atoms with Gasteiger partial charge in [0.2, 0.25) is 0 Å². The van der Waals surface area contributed by atoms with E-state index in [1.807, 2.05) is 0 Å². The molecule has 0 aromatic heterocycles. The zero-order valence-corrected chi connectivity index (χ0v) is 8.50. The van der Waals surface area contributed by atoms with E-state index in [4.69, 9.17) is 0 Å². The van der Waals surface area contributed by atoms with Crippen LogP contribution in [0, 0.1) is 10.1 Å². The van der Waals surface area contributed by atoms with E-state index in [9.17, 15) is 18.9 Å². The van der Waals surface area contributed by atoms with Crippen LogP contribution in [0.4, 0.5) is 5.69 Å². The molecule has 1 aromatic rings. The van der Waals surface area contributed by atoms with Crippen molar-refractivity contribution in [2.24, 2.45) is 0 Å². The van der Waals surface area contributed by atoms with Crippen molar-refractivity contribution < 1.29 is 13.7 Å². The van der Waals surface area contributed by atoms with Crippen molar-refractivity contribution in [2.75, 3.05) is 0 Å². The summed E-state index contributed by atoms with van der Waals surface area (Å²) >= 11 is 0.538. The summed E-state index contributed by atoms with van der Waals surface area (Å²) in [4.78, 5) is 9.74. The van der Waals surface area contributed by atoms with Crippen LogP contribution in [0.25, 0.3) is 0 Å². The summed E-state index contributed by atoms with van der Waals surface area (Å²) in [6, 6.07) is 3.49. The first-order chi connectivity index (χ1) is 6.02. The van der Waals surface area contributed by atoms with E-state index >= 15 is 0 Å². The van der Waals surface area contributed by atoms with Gasteiger partial charge >= 0.3 is 0 Å². The van der Waals surface area contributed by atoms with Crippen LogP contribution in [0.2, 0.25) is 0 Å². The molecule has 1 rings (SSSR count). The van der Waals surface area contributed by atoms with Crippen molar-refractivity contribution in [3.8, 4) is 0 Å². The number of nitro benzene ring substituents is 1. The lowest BCUT2D eigenvalue weighted by molar-refractivity contribution is -0.385. The maximum Gasteiger partial charge on any atom is 0.283 e. The largest absolute Gasteiger partial charge is 0.768 e. The minimum Gasteiger partial charge on any atom is -0.768 e. The third kappa shape index (κ3) is 2.33. The molecule has 0 aliphatic rings.